The molecule has 0 heterocycles. The average molecular weight is 724 g/mol. The van der Waals surface area contributed by atoms with Crippen molar-refractivity contribution in [1.82, 2.24) is 0 Å². The van der Waals surface area contributed by atoms with E-state index in [1.54, 1.807) is 54.6 Å². The van der Waals surface area contributed by atoms with Crippen LogP contribution >= 0.6 is 0 Å². The first-order valence-electron chi connectivity index (χ1n) is 14.3. The Kier molecular flexibility index (Phi) is 9.12. The summed E-state index contributed by atoms with van der Waals surface area (Å²) in [5.74, 6) is -2.10. The molecule has 0 aliphatic heterocycles. The van der Waals surface area contributed by atoms with E-state index >= 15 is 0 Å². The second-order valence-electron chi connectivity index (χ2n) is 10.6. The van der Waals surface area contributed by atoms with E-state index in [1.165, 1.54) is 0 Å². The van der Waals surface area contributed by atoms with E-state index in [0.717, 1.165) is 30.3 Å². The first-order chi connectivity index (χ1) is 25.6. The monoisotopic (exact) mass is 723 g/mol. The Bertz CT molecular complexity index is 2760. The summed E-state index contributed by atoms with van der Waals surface area (Å²) < 4.78 is 90.1. The van der Waals surface area contributed by atoms with Gasteiger partial charge in [0.05, 0.1) is 40.0 Å². The number of hydrogen-bond donors (Lipinski definition) is 0. The van der Waals surface area contributed by atoms with E-state index in [4.69, 9.17) is 0 Å². The minimum atomic E-state index is -5.37. The number of nitriles is 9. The highest BCUT2D eigenvalue weighted by Gasteiger charge is 2.43. The van der Waals surface area contributed by atoms with E-state index < -0.39 is 96.6 Å². The van der Waals surface area contributed by atoms with Gasteiger partial charge in [0.1, 0.15) is 65.1 Å². The lowest BCUT2D eigenvalue weighted by Crippen LogP contribution is -2.18. The number of allylic oxidation sites excluding steroid dienone is 8. The third-order valence-electron chi connectivity index (χ3n) is 7.86. The van der Waals surface area contributed by atoms with Crippen LogP contribution in [0.15, 0.2) is 53.6 Å². The van der Waals surface area contributed by atoms with Gasteiger partial charge in [0, 0.05) is 50.1 Å². The predicted octanol–water partition coefficient (Wildman–Crippen LogP) is 7.60. The second-order valence-corrected chi connectivity index (χ2v) is 10.6. The smallest absolute Gasteiger partial charge is 0.405 e. The first-order valence-corrected chi connectivity index (χ1v) is 14.3. The summed E-state index contributed by atoms with van der Waals surface area (Å²) in [4.78, 5) is 0. The van der Waals surface area contributed by atoms with E-state index in [1.807, 2.05) is 0 Å². The van der Waals surface area contributed by atoms with Crippen LogP contribution in [-0.4, -0.2) is 12.7 Å². The molecule has 54 heavy (non-hydrogen) atoms. The van der Waals surface area contributed by atoms with Crippen LogP contribution in [0.5, 0.6) is 11.5 Å². The highest BCUT2D eigenvalue weighted by Crippen LogP contribution is 2.58. The Morgan fingerprint density at radius 2 is 0.907 bits per heavy atom. The predicted molar refractivity (Wildman–Crippen MR) is 168 cm³/mol. The van der Waals surface area contributed by atoms with Crippen molar-refractivity contribution in [3.63, 3.8) is 0 Å². The molecule has 2 aliphatic carbocycles. The van der Waals surface area contributed by atoms with E-state index in [2.05, 4.69) is 9.47 Å². The maximum Gasteiger partial charge on any atom is 0.573 e. The Balaban J connectivity index is 2.02. The van der Waals surface area contributed by atoms with Gasteiger partial charge in [0.25, 0.3) is 0 Å². The fourth-order valence-corrected chi connectivity index (χ4v) is 6.04. The van der Waals surface area contributed by atoms with E-state index in [9.17, 15) is 73.7 Å². The largest absolute Gasteiger partial charge is 0.573 e. The number of nitrogens with zero attached hydrogens (tertiary/aromatic N) is 9. The Morgan fingerprint density at radius 1 is 0.463 bits per heavy atom. The fourth-order valence-electron chi connectivity index (χ4n) is 6.04. The standard InChI is InChI=1S/C37H7F6N9O2/c38-36(39,40)53-28-5-17(8-44)1-3-21(28)33-25(14-50)23-7-24-30(19(10-46)11-47)34(22-4-2-18(9-45)6-29(22)54-37(41,42)43)26(15-51)32(24)27(16-52)35(23)31(33)20(12-48)13-49/h1-7H. The van der Waals surface area contributed by atoms with Gasteiger partial charge in [0.15, 0.2) is 0 Å². The summed E-state index contributed by atoms with van der Waals surface area (Å²) in [7, 11) is 0. The number of hydrogen-bond acceptors (Lipinski definition) is 11. The third-order valence-corrected chi connectivity index (χ3v) is 7.86. The normalized spacial score (nSPS) is 12.6. The lowest BCUT2D eigenvalue weighted by Gasteiger charge is -2.16. The maximum absolute atomic E-state index is 13.6. The van der Waals surface area contributed by atoms with Crippen molar-refractivity contribution in [2.45, 2.75) is 12.7 Å². The highest BCUT2D eigenvalue weighted by atomic mass is 19.4. The summed E-state index contributed by atoms with van der Waals surface area (Å²) in [6.45, 7) is 0. The zero-order valence-corrected chi connectivity index (χ0v) is 26.2. The molecule has 0 radical (unpaired) electrons. The molecule has 5 rings (SSSR count). The van der Waals surface area contributed by atoms with Gasteiger partial charge in [-0.2, -0.15) is 47.4 Å². The molecule has 0 saturated carbocycles. The molecule has 0 atom stereocenters. The van der Waals surface area contributed by atoms with Crippen molar-refractivity contribution in [2.75, 3.05) is 0 Å². The van der Waals surface area contributed by atoms with Crippen LogP contribution in [-0.2, 0) is 0 Å². The van der Waals surface area contributed by atoms with E-state index in [0.29, 0.717) is 12.1 Å². The van der Waals surface area contributed by atoms with Crippen molar-refractivity contribution in [3.8, 4) is 66.1 Å². The molecule has 17 heteroatoms. The van der Waals surface area contributed by atoms with Crippen molar-refractivity contribution < 1.29 is 35.8 Å². The third kappa shape index (κ3) is 6.01. The molecule has 0 fully saturated rings. The Morgan fingerprint density at radius 3 is 1.30 bits per heavy atom. The zero-order valence-electron chi connectivity index (χ0n) is 26.2. The number of halogens is 6. The van der Waals surface area contributed by atoms with E-state index in [-0.39, 0.29) is 22.3 Å². The highest BCUT2D eigenvalue weighted by molar-refractivity contribution is 6.31. The number of benzene rings is 3. The molecule has 0 bridgehead atoms. The molecule has 3 aromatic carbocycles. The Labute approximate surface area is 298 Å². The molecule has 2 aliphatic rings. The van der Waals surface area contributed by atoms with Gasteiger partial charge in [-0.15, -0.1) is 26.3 Å². The van der Waals surface area contributed by atoms with Gasteiger partial charge < -0.3 is 9.47 Å². The summed E-state index contributed by atoms with van der Waals surface area (Å²) in [6, 6.07) is 21.1. The lowest BCUT2D eigenvalue weighted by molar-refractivity contribution is -0.275. The van der Waals surface area contributed by atoms with Crippen molar-refractivity contribution >= 4 is 33.4 Å². The minimum absolute atomic E-state index is 0.334. The van der Waals surface area contributed by atoms with Gasteiger partial charge in [-0.05, 0) is 48.0 Å². The van der Waals surface area contributed by atoms with Crippen LogP contribution in [0.1, 0.15) is 50.1 Å². The van der Waals surface area contributed by atoms with Gasteiger partial charge in [0.2, 0.25) is 0 Å². The molecule has 0 aromatic heterocycles. The number of alkyl halides is 6. The summed E-state index contributed by atoms with van der Waals surface area (Å²) in [6.07, 6.45) is -10.7. The molecule has 0 amide bonds. The molecule has 0 saturated heterocycles. The van der Waals surface area contributed by atoms with Crippen LogP contribution in [0.4, 0.5) is 26.3 Å². The van der Waals surface area contributed by atoms with Crippen LogP contribution in [0.2, 0.25) is 0 Å². The van der Waals surface area contributed by atoms with Gasteiger partial charge >= 0.3 is 12.7 Å². The van der Waals surface area contributed by atoms with Crippen LogP contribution in [0.25, 0.3) is 33.4 Å². The number of rotatable bonds is 4. The van der Waals surface area contributed by atoms with Crippen molar-refractivity contribution in [1.29, 1.82) is 47.4 Å². The summed E-state index contributed by atoms with van der Waals surface area (Å²) in [5.41, 5.74) is -9.16. The molecule has 254 valence electrons. The topological polar surface area (TPSA) is 233 Å². The van der Waals surface area contributed by atoms with Crippen LogP contribution < -0.4 is 9.47 Å². The van der Waals surface area contributed by atoms with Gasteiger partial charge in [-0.1, -0.05) is 0 Å². The molecule has 0 spiro atoms. The molecule has 11 nitrogen and oxygen atoms in total. The summed E-state index contributed by atoms with van der Waals surface area (Å²) in [5, 5.41) is 90.4. The molecule has 0 N–H and O–H groups in total. The fraction of sp³-hybridized carbons (Fsp3) is 0.0541. The molecular weight excluding hydrogens is 716 g/mol. The first kappa shape index (κ1) is 36.5. The van der Waals surface area contributed by atoms with Gasteiger partial charge in [-0.25, -0.2) is 0 Å². The Hall–Kier alpha value is -8.79. The second kappa shape index (κ2) is 13.5. The van der Waals surface area contributed by atoms with Crippen molar-refractivity contribution in [2.24, 2.45) is 0 Å². The lowest BCUT2D eigenvalue weighted by atomic mass is 9.86. The van der Waals surface area contributed by atoms with Crippen LogP contribution in [0, 0.1) is 102 Å². The maximum atomic E-state index is 13.6. The quantitative estimate of drug-likeness (QED) is 0.188. The molecule has 0 unspecified atom stereocenters. The molecule has 3 aromatic rings. The zero-order chi connectivity index (χ0) is 39.7. The average Bonchev–Trinajstić information content (AvgIpc) is 3.62. The summed E-state index contributed by atoms with van der Waals surface area (Å²) >= 11 is 0. The minimum Gasteiger partial charge on any atom is -0.405 e. The SMILES string of the molecule is N#CC(C#N)=C1C(c2ccc(C#N)cc2OC(F)(F)F)=C(C#N)c2c1cc1c(c2C#N)C(=C(C#N)C#N)C(c2ccc(C#N)cc2OC(F)(F)F)=C1C#N. The number of ether oxygens (including phenoxy) is 2. The number of fused-ring (bicyclic) bond motifs is 2. The van der Waals surface area contributed by atoms with Gasteiger partial charge in [-0.3, -0.25) is 0 Å². The molecular formula is C37H7F6N9O2. The van der Waals surface area contributed by atoms with Crippen molar-refractivity contribution in [3.05, 3.63) is 104 Å². The van der Waals surface area contributed by atoms with Crippen LogP contribution in [0.3, 0.4) is 0 Å².